The first-order valence-corrected chi connectivity index (χ1v) is 10.8. The van der Waals surface area contributed by atoms with E-state index in [9.17, 15) is 30.3 Å². The molecule has 29 heavy (non-hydrogen) atoms. The number of ether oxygens (including phenoxy) is 1. The Bertz CT molecular complexity index is 716. The van der Waals surface area contributed by atoms with Crippen LogP contribution >= 0.6 is 0 Å². The van der Waals surface area contributed by atoms with Crippen molar-refractivity contribution in [3.05, 3.63) is 0 Å². The lowest BCUT2D eigenvalue weighted by molar-refractivity contribution is -0.202. The van der Waals surface area contributed by atoms with Crippen LogP contribution in [0.4, 0.5) is 0 Å². The summed E-state index contributed by atoms with van der Waals surface area (Å²) in [4.78, 5) is 11.9. The summed E-state index contributed by atoms with van der Waals surface area (Å²) in [6, 6.07) is 0. The van der Waals surface area contributed by atoms with Gasteiger partial charge in [0.2, 0.25) is 0 Å². The van der Waals surface area contributed by atoms with Crippen molar-refractivity contribution in [1.29, 1.82) is 0 Å². The maximum atomic E-state index is 11.9. The second-order valence-electron chi connectivity index (χ2n) is 11.3. The first-order chi connectivity index (χ1) is 13.1. The van der Waals surface area contributed by atoms with Crippen LogP contribution in [0.2, 0.25) is 0 Å². The molecule has 4 aliphatic carbocycles. The fourth-order valence-corrected chi connectivity index (χ4v) is 8.14. The zero-order chi connectivity index (χ0) is 21.8. The molecule has 0 aromatic rings. The summed E-state index contributed by atoms with van der Waals surface area (Å²) in [5.74, 6) is -1.86. The fraction of sp³-hybridized carbons (Fsp3) is 0.955. The van der Waals surface area contributed by atoms with Gasteiger partial charge in [-0.05, 0) is 51.9 Å². The lowest BCUT2D eigenvalue weighted by Gasteiger charge is -2.51. The fourth-order valence-electron chi connectivity index (χ4n) is 8.14. The van der Waals surface area contributed by atoms with Crippen molar-refractivity contribution in [1.82, 2.24) is 0 Å². The maximum absolute atomic E-state index is 11.9. The Morgan fingerprint density at radius 2 is 1.59 bits per heavy atom. The predicted molar refractivity (Wildman–Crippen MR) is 104 cm³/mol. The van der Waals surface area contributed by atoms with Gasteiger partial charge in [-0.25, -0.2) is 0 Å². The first kappa shape index (κ1) is 21.5. The SMILES string of the molecule is CC(=O)O[C@@H]1[C@@H]2CC[C@H]3[C@@](C)(O)[C@@H]4C[C@H](O)C(C)(C)[C@@]4(O)[C@H](O)C[C@]13C[C@@]2(C)O. The first-order valence-electron chi connectivity index (χ1n) is 10.8. The standard InChI is InChI=1S/C22H36O7/c1-11(23)29-17-12-6-7-13-20(5,27)14-8-15(24)18(2,3)22(14,28)16(25)9-21(13,17)10-19(12,4)26/h12-17,24-28H,6-10H2,1-5H3/t12-,13-,14-,15-,16+,17+,19+,20+,21+,22-/m0/s1. The van der Waals surface area contributed by atoms with E-state index in [1.165, 1.54) is 6.92 Å². The number of aliphatic hydroxyl groups is 5. The number of rotatable bonds is 1. The summed E-state index contributed by atoms with van der Waals surface area (Å²) < 4.78 is 5.75. The third kappa shape index (κ3) is 2.45. The molecule has 5 N–H and O–H groups in total. The Balaban J connectivity index is 1.90. The van der Waals surface area contributed by atoms with E-state index >= 15 is 0 Å². The Hall–Kier alpha value is -0.730. The Morgan fingerprint density at radius 1 is 0.966 bits per heavy atom. The van der Waals surface area contributed by atoms with Gasteiger partial charge in [-0.2, -0.15) is 0 Å². The minimum absolute atomic E-state index is 0.0988. The molecule has 0 aromatic carbocycles. The minimum atomic E-state index is -1.70. The van der Waals surface area contributed by atoms with Crippen LogP contribution in [0.3, 0.4) is 0 Å². The molecule has 1 spiro atoms. The summed E-state index contributed by atoms with van der Waals surface area (Å²) in [5, 5.41) is 57.0. The molecule has 4 fully saturated rings. The van der Waals surface area contributed by atoms with Crippen molar-refractivity contribution in [3.8, 4) is 0 Å². The van der Waals surface area contributed by atoms with Gasteiger partial charge in [0.15, 0.2) is 0 Å². The zero-order valence-corrected chi connectivity index (χ0v) is 18.1. The summed E-state index contributed by atoms with van der Waals surface area (Å²) in [7, 11) is 0. The normalized spacial score (nSPS) is 58.3. The van der Waals surface area contributed by atoms with Gasteiger partial charge in [0.25, 0.3) is 0 Å². The third-order valence-corrected chi connectivity index (χ3v) is 9.52. The Morgan fingerprint density at radius 3 is 2.17 bits per heavy atom. The molecule has 0 amide bonds. The molecule has 0 aliphatic heterocycles. The number of fused-ring (bicyclic) bond motifs is 2. The highest BCUT2D eigenvalue weighted by atomic mass is 16.5. The van der Waals surface area contributed by atoms with Gasteiger partial charge in [-0.15, -0.1) is 0 Å². The van der Waals surface area contributed by atoms with E-state index in [0.717, 1.165) is 0 Å². The van der Waals surface area contributed by atoms with Gasteiger partial charge in [-0.1, -0.05) is 13.8 Å². The molecule has 4 aliphatic rings. The second-order valence-corrected chi connectivity index (χ2v) is 11.3. The van der Waals surface area contributed by atoms with E-state index in [1.54, 1.807) is 27.7 Å². The minimum Gasteiger partial charge on any atom is -0.462 e. The average molecular weight is 413 g/mol. The zero-order valence-electron chi connectivity index (χ0n) is 18.1. The molecule has 10 atom stereocenters. The van der Waals surface area contributed by atoms with Gasteiger partial charge in [0, 0.05) is 29.6 Å². The van der Waals surface area contributed by atoms with Crippen molar-refractivity contribution >= 4 is 5.97 Å². The van der Waals surface area contributed by atoms with Crippen LogP contribution in [0.15, 0.2) is 0 Å². The van der Waals surface area contributed by atoms with Crippen LogP contribution in [0, 0.1) is 28.6 Å². The highest BCUT2D eigenvalue weighted by Gasteiger charge is 2.77. The topological polar surface area (TPSA) is 127 Å². The number of carbonyl (C=O) groups excluding carboxylic acids is 1. The van der Waals surface area contributed by atoms with Crippen LogP contribution in [0.25, 0.3) is 0 Å². The number of carbonyl (C=O) groups is 1. The molecule has 0 radical (unpaired) electrons. The maximum Gasteiger partial charge on any atom is 0.302 e. The molecule has 166 valence electrons. The van der Waals surface area contributed by atoms with E-state index in [0.29, 0.717) is 12.8 Å². The summed E-state index contributed by atoms with van der Waals surface area (Å²) >= 11 is 0. The van der Waals surface area contributed by atoms with Crippen LogP contribution < -0.4 is 0 Å². The van der Waals surface area contributed by atoms with Crippen molar-refractivity contribution in [2.75, 3.05) is 0 Å². The molecule has 7 heteroatoms. The summed E-state index contributed by atoms with van der Waals surface area (Å²) in [5.41, 5.74) is -6.08. The van der Waals surface area contributed by atoms with E-state index in [1.807, 2.05) is 0 Å². The predicted octanol–water partition coefficient (Wildman–Crippen LogP) is 0.739. The molecular weight excluding hydrogens is 376 g/mol. The molecule has 0 aromatic heterocycles. The van der Waals surface area contributed by atoms with Gasteiger partial charge < -0.3 is 30.3 Å². The molecule has 4 saturated carbocycles. The average Bonchev–Trinajstić information content (AvgIpc) is 2.80. The van der Waals surface area contributed by atoms with Gasteiger partial charge in [0.1, 0.15) is 11.7 Å². The molecule has 4 rings (SSSR count). The monoisotopic (exact) mass is 412 g/mol. The van der Waals surface area contributed by atoms with Gasteiger partial charge >= 0.3 is 5.97 Å². The molecule has 2 bridgehead atoms. The number of esters is 1. The highest BCUT2D eigenvalue weighted by Crippen LogP contribution is 2.70. The van der Waals surface area contributed by atoms with Crippen LogP contribution in [0.5, 0.6) is 0 Å². The summed E-state index contributed by atoms with van der Waals surface area (Å²) in [6.45, 7) is 8.20. The van der Waals surface area contributed by atoms with Crippen LogP contribution in [-0.4, -0.2) is 66.6 Å². The Labute approximate surface area is 172 Å². The number of aliphatic hydroxyl groups excluding tert-OH is 2. The van der Waals surface area contributed by atoms with Gasteiger partial charge in [0.05, 0.1) is 23.4 Å². The largest absolute Gasteiger partial charge is 0.462 e. The quantitative estimate of drug-likeness (QED) is 0.402. The summed E-state index contributed by atoms with van der Waals surface area (Å²) in [6.07, 6.45) is -0.985. The van der Waals surface area contributed by atoms with E-state index in [4.69, 9.17) is 4.74 Å². The number of hydrogen-bond donors (Lipinski definition) is 5. The third-order valence-electron chi connectivity index (χ3n) is 9.52. The van der Waals surface area contributed by atoms with E-state index in [-0.39, 0.29) is 31.1 Å². The lowest BCUT2D eigenvalue weighted by atomic mass is 9.57. The van der Waals surface area contributed by atoms with Crippen LogP contribution in [0.1, 0.15) is 66.7 Å². The van der Waals surface area contributed by atoms with E-state index in [2.05, 4.69) is 0 Å². The molecule has 0 heterocycles. The molecule has 0 saturated heterocycles. The molecule has 7 nitrogen and oxygen atoms in total. The van der Waals surface area contributed by atoms with Crippen LogP contribution in [-0.2, 0) is 9.53 Å². The second kappa shape index (κ2) is 5.94. The molecule has 0 unspecified atom stereocenters. The Kier molecular flexibility index (Phi) is 4.41. The van der Waals surface area contributed by atoms with Crippen molar-refractivity contribution in [2.45, 2.75) is 102 Å². The van der Waals surface area contributed by atoms with Crippen molar-refractivity contribution < 1.29 is 35.1 Å². The lowest BCUT2D eigenvalue weighted by Crippen LogP contribution is -2.60. The smallest absolute Gasteiger partial charge is 0.302 e. The van der Waals surface area contributed by atoms with E-state index < -0.39 is 57.8 Å². The van der Waals surface area contributed by atoms with Crippen molar-refractivity contribution in [2.24, 2.45) is 28.6 Å². The number of hydrogen-bond acceptors (Lipinski definition) is 7. The highest BCUT2D eigenvalue weighted by molar-refractivity contribution is 5.66. The molecular formula is C22H36O7. The van der Waals surface area contributed by atoms with Gasteiger partial charge in [-0.3, -0.25) is 4.79 Å². The van der Waals surface area contributed by atoms with Crippen molar-refractivity contribution in [3.63, 3.8) is 0 Å².